The molecule has 1 saturated carbocycles. The van der Waals surface area contributed by atoms with Crippen molar-refractivity contribution in [2.75, 3.05) is 7.11 Å². The Balaban J connectivity index is 2.06. The third-order valence-electron chi connectivity index (χ3n) is 3.51. The van der Waals surface area contributed by atoms with Crippen LogP contribution in [-0.2, 0) is 0 Å². The SMILES string of the molecule is COc1cc(C#N)cc(OC2CCC(C)CC2)c1. The number of ether oxygens (including phenoxy) is 2. The van der Waals surface area contributed by atoms with Crippen molar-refractivity contribution < 1.29 is 9.47 Å². The third kappa shape index (κ3) is 3.16. The number of benzene rings is 1. The number of nitriles is 1. The first-order valence-corrected chi connectivity index (χ1v) is 6.47. The zero-order chi connectivity index (χ0) is 13.0. The Bertz CT molecular complexity index is 442. The topological polar surface area (TPSA) is 42.2 Å². The predicted molar refractivity (Wildman–Crippen MR) is 69.8 cm³/mol. The Labute approximate surface area is 108 Å². The molecule has 96 valence electrons. The quantitative estimate of drug-likeness (QED) is 0.818. The fraction of sp³-hybridized carbons (Fsp3) is 0.533. The van der Waals surface area contributed by atoms with E-state index in [1.807, 2.05) is 6.07 Å². The number of hydrogen-bond acceptors (Lipinski definition) is 3. The first-order valence-electron chi connectivity index (χ1n) is 6.47. The zero-order valence-corrected chi connectivity index (χ0v) is 11.0. The van der Waals surface area contributed by atoms with Crippen LogP contribution >= 0.6 is 0 Å². The van der Waals surface area contributed by atoms with Crippen molar-refractivity contribution in [2.45, 2.75) is 38.7 Å². The van der Waals surface area contributed by atoms with Gasteiger partial charge in [0.2, 0.25) is 0 Å². The summed E-state index contributed by atoms with van der Waals surface area (Å²) in [5.74, 6) is 2.23. The first kappa shape index (κ1) is 12.8. The molecule has 0 aliphatic heterocycles. The summed E-state index contributed by atoms with van der Waals surface area (Å²) in [7, 11) is 1.60. The van der Waals surface area contributed by atoms with Crippen LogP contribution in [0.15, 0.2) is 18.2 Å². The van der Waals surface area contributed by atoms with Gasteiger partial charge in [-0.2, -0.15) is 5.26 Å². The lowest BCUT2D eigenvalue weighted by atomic mass is 9.89. The summed E-state index contributed by atoms with van der Waals surface area (Å²) in [5, 5.41) is 8.96. The Kier molecular flexibility index (Phi) is 4.09. The van der Waals surface area contributed by atoms with Gasteiger partial charge in [0, 0.05) is 6.07 Å². The van der Waals surface area contributed by atoms with Gasteiger partial charge in [0.25, 0.3) is 0 Å². The largest absolute Gasteiger partial charge is 0.497 e. The molecule has 0 unspecified atom stereocenters. The molecule has 1 aromatic carbocycles. The second-order valence-electron chi connectivity index (χ2n) is 5.01. The van der Waals surface area contributed by atoms with Gasteiger partial charge in [-0.25, -0.2) is 0 Å². The molecule has 0 amide bonds. The lowest BCUT2D eigenvalue weighted by Crippen LogP contribution is -2.23. The third-order valence-corrected chi connectivity index (χ3v) is 3.51. The molecule has 3 heteroatoms. The van der Waals surface area contributed by atoms with E-state index in [0.29, 0.717) is 11.3 Å². The number of rotatable bonds is 3. The first-order chi connectivity index (χ1) is 8.71. The van der Waals surface area contributed by atoms with E-state index < -0.39 is 0 Å². The maximum atomic E-state index is 8.96. The van der Waals surface area contributed by atoms with Crippen LogP contribution in [0.2, 0.25) is 0 Å². The normalized spacial score (nSPS) is 23.2. The van der Waals surface area contributed by atoms with Crippen LogP contribution in [-0.4, -0.2) is 13.2 Å². The van der Waals surface area contributed by atoms with E-state index in [2.05, 4.69) is 13.0 Å². The van der Waals surface area contributed by atoms with E-state index in [1.54, 1.807) is 19.2 Å². The lowest BCUT2D eigenvalue weighted by Gasteiger charge is -2.27. The maximum Gasteiger partial charge on any atom is 0.124 e. The number of nitrogens with zero attached hydrogens (tertiary/aromatic N) is 1. The molecule has 0 atom stereocenters. The average Bonchev–Trinajstić information content (AvgIpc) is 2.41. The van der Waals surface area contributed by atoms with Crippen LogP contribution < -0.4 is 9.47 Å². The Morgan fingerprint density at radius 1 is 1.11 bits per heavy atom. The van der Waals surface area contributed by atoms with Gasteiger partial charge in [-0.15, -0.1) is 0 Å². The van der Waals surface area contributed by atoms with Gasteiger partial charge in [-0.1, -0.05) is 6.92 Å². The highest BCUT2D eigenvalue weighted by molar-refractivity contribution is 5.43. The highest BCUT2D eigenvalue weighted by Gasteiger charge is 2.19. The van der Waals surface area contributed by atoms with E-state index in [-0.39, 0.29) is 6.10 Å². The summed E-state index contributed by atoms with van der Waals surface area (Å²) in [6.45, 7) is 2.29. The van der Waals surface area contributed by atoms with Crippen LogP contribution in [0, 0.1) is 17.2 Å². The second-order valence-corrected chi connectivity index (χ2v) is 5.01. The Morgan fingerprint density at radius 3 is 2.39 bits per heavy atom. The molecule has 0 N–H and O–H groups in total. The summed E-state index contributed by atoms with van der Waals surface area (Å²) in [5.41, 5.74) is 0.577. The average molecular weight is 245 g/mol. The van der Waals surface area contributed by atoms with E-state index in [0.717, 1.165) is 24.5 Å². The van der Waals surface area contributed by atoms with E-state index >= 15 is 0 Å². The fourth-order valence-electron chi connectivity index (χ4n) is 2.36. The molecular weight excluding hydrogens is 226 g/mol. The molecule has 0 saturated heterocycles. The van der Waals surface area contributed by atoms with Crippen molar-refractivity contribution >= 4 is 0 Å². The molecule has 2 rings (SSSR count). The van der Waals surface area contributed by atoms with Crippen molar-refractivity contribution in [3.63, 3.8) is 0 Å². The zero-order valence-electron chi connectivity index (χ0n) is 11.0. The van der Waals surface area contributed by atoms with Crippen LogP contribution in [0.1, 0.15) is 38.2 Å². The van der Waals surface area contributed by atoms with Gasteiger partial charge in [0.1, 0.15) is 11.5 Å². The summed E-state index contributed by atoms with van der Waals surface area (Å²) in [6, 6.07) is 7.47. The van der Waals surface area contributed by atoms with Gasteiger partial charge >= 0.3 is 0 Å². The maximum absolute atomic E-state index is 8.96. The van der Waals surface area contributed by atoms with Gasteiger partial charge in [0.15, 0.2) is 0 Å². The van der Waals surface area contributed by atoms with E-state index in [1.165, 1.54) is 12.8 Å². The molecule has 3 nitrogen and oxygen atoms in total. The smallest absolute Gasteiger partial charge is 0.124 e. The van der Waals surface area contributed by atoms with E-state index in [4.69, 9.17) is 14.7 Å². The van der Waals surface area contributed by atoms with Crippen molar-refractivity contribution in [1.82, 2.24) is 0 Å². The second kappa shape index (κ2) is 5.77. The van der Waals surface area contributed by atoms with Crippen molar-refractivity contribution in [2.24, 2.45) is 5.92 Å². The highest BCUT2D eigenvalue weighted by Crippen LogP contribution is 2.29. The van der Waals surface area contributed by atoms with Gasteiger partial charge in [0.05, 0.1) is 24.8 Å². The molecule has 0 radical (unpaired) electrons. The minimum absolute atomic E-state index is 0.278. The molecule has 0 heterocycles. The van der Waals surface area contributed by atoms with Crippen LogP contribution in [0.3, 0.4) is 0 Å². The number of hydrogen-bond donors (Lipinski definition) is 0. The summed E-state index contributed by atoms with van der Waals surface area (Å²) in [4.78, 5) is 0. The summed E-state index contributed by atoms with van der Waals surface area (Å²) < 4.78 is 11.1. The molecule has 1 aliphatic carbocycles. The predicted octanol–water partition coefficient (Wildman–Crippen LogP) is 3.52. The molecule has 1 fully saturated rings. The van der Waals surface area contributed by atoms with Crippen molar-refractivity contribution in [3.05, 3.63) is 23.8 Å². The van der Waals surface area contributed by atoms with Gasteiger partial charge in [-0.3, -0.25) is 0 Å². The minimum atomic E-state index is 0.278. The highest BCUT2D eigenvalue weighted by atomic mass is 16.5. The van der Waals surface area contributed by atoms with E-state index in [9.17, 15) is 0 Å². The monoisotopic (exact) mass is 245 g/mol. The van der Waals surface area contributed by atoms with Crippen LogP contribution in [0.4, 0.5) is 0 Å². The fourth-order valence-corrected chi connectivity index (χ4v) is 2.36. The molecule has 1 aromatic rings. The molecule has 0 aromatic heterocycles. The van der Waals surface area contributed by atoms with Crippen molar-refractivity contribution in [1.29, 1.82) is 5.26 Å². The minimum Gasteiger partial charge on any atom is -0.497 e. The van der Waals surface area contributed by atoms with Crippen LogP contribution in [0.5, 0.6) is 11.5 Å². The Hall–Kier alpha value is -1.69. The van der Waals surface area contributed by atoms with Crippen molar-refractivity contribution in [3.8, 4) is 17.6 Å². The lowest BCUT2D eigenvalue weighted by molar-refractivity contribution is 0.135. The number of methoxy groups -OCH3 is 1. The molecule has 18 heavy (non-hydrogen) atoms. The molecule has 0 bridgehead atoms. The summed E-state index contributed by atoms with van der Waals surface area (Å²) in [6.07, 6.45) is 4.92. The van der Waals surface area contributed by atoms with Crippen LogP contribution in [0.25, 0.3) is 0 Å². The standard InChI is InChI=1S/C15H19NO2/c1-11-3-5-13(6-4-11)18-15-8-12(10-16)7-14(9-15)17-2/h7-9,11,13H,3-6H2,1-2H3. The molecule has 1 aliphatic rings. The van der Waals surface area contributed by atoms with Gasteiger partial charge in [-0.05, 0) is 43.7 Å². The van der Waals surface area contributed by atoms with Gasteiger partial charge < -0.3 is 9.47 Å². The molecular formula is C15H19NO2. The molecule has 0 spiro atoms. The summed E-state index contributed by atoms with van der Waals surface area (Å²) >= 11 is 0. The Morgan fingerprint density at radius 2 is 1.78 bits per heavy atom.